The van der Waals surface area contributed by atoms with Crippen LogP contribution in [0.4, 0.5) is 4.79 Å². The molecule has 0 amide bonds. The molecule has 0 aromatic carbocycles. The predicted molar refractivity (Wildman–Crippen MR) is 43.8 cm³/mol. The summed E-state index contributed by atoms with van der Waals surface area (Å²) in [6.45, 7) is 0. The van der Waals surface area contributed by atoms with E-state index in [-0.39, 0.29) is 7.15 Å². The van der Waals surface area contributed by atoms with Crippen molar-refractivity contribution in [2.45, 2.75) is 0 Å². The van der Waals surface area contributed by atoms with Crippen LogP contribution in [-0.2, 0) is 141 Å². The van der Waals surface area contributed by atoms with Crippen LogP contribution in [0.1, 0.15) is 0 Å². The smallest absolute Gasteiger partial charge is 0.219 e. The molecule has 0 saturated carbocycles. The van der Waals surface area contributed by atoms with E-state index in [9.17, 15) is 9.50 Å². The van der Waals surface area contributed by atoms with Crippen molar-refractivity contribution >= 4 is 13.0 Å². The minimum absolute atomic E-state index is 0.268. The first kappa shape index (κ1) is 30.3. The van der Waals surface area contributed by atoms with Gasteiger partial charge in [-0.1, -0.05) is 0 Å². The average molecular weight is 504 g/mol. The monoisotopic (exact) mass is 504 g/mol. The summed E-state index contributed by atoms with van der Waals surface area (Å²) < 4.78 is 9.72. The Bertz CT molecular complexity index is 379. The number of hydrogen-bond acceptors (Lipinski definition) is 30. The van der Waals surface area contributed by atoms with Gasteiger partial charge in [-0.15, -0.1) is 0 Å². The number of carbonyl (C=O) groups excluding carboxylic acids is 1. The number of hydrogen-bond donors (Lipinski definition) is 1. The van der Waals surface area contributed by atoms with Crippen molar-refractivity contribution in [1.82, 2.24) is 0 Å². The Morgan fingerprint density at radius 1 is 0.406 bits per heavy atom. The van der Waals surface area contributed by atoms with Crippen LogP contribution in [0.15, 0.2) is 0 Å². The molecule has 0 unspecified atom stereocenters. The molecule has 0 radical (unpaired) electrons. The Kier molecular flexibility index (Phi) is 25.8. The van der Waals surface area contributed by atoms with E-state index < -0.39 is 5.87 Å². The summed E-state index contributed by atoms with van der Waals surface area (Å²) >= 11 is 0. The predicted octanol–water partition coefficient (Wildman–Crippen LogP) is -2.13. The summed E-state index contributed by atoms with van der Waals surface area (Å²) in [5, 5.41) is 96.5. The third-order valence-electron chi connectivity index (χ3n) is 0.909. The van der Waals surface area contributed by atoms with Gasteiger partial charge in [0.2, 0.25) is 0 Å². The van der Waals surface area contributed by atoms with E-state index in [0.717, 1.165) is 0 Å². The van der Waals surface area contributed by atoms with Gasteiger partial charge in [-0.2, -0.15) is 0 Å². The van der Waals surface area contributed by atoms with Gasteiger partial charge in [0.05, 0.1) is 0 Å². The molecule has 0 atom stereocenters. The molecule has 30 nitrogen and oxygen atoms in total. The van der Waals surface area contributed by atoms with Gasteiger partial charge in [0.1, 0.15) is 0 Å². The van der Waals surface area contributed by atoms with E-state index in [1.165, 1.54) is 0 Å². The zero-order chi connectivity index (χ0) is 23.4. The van der Waals surface area contributed by atoms with Crippen molar-refractivity contribution in [3.05, 3.63) is 0 Å². The van der Waals surface area contributed by atoms with Crippen LogP contribution in [0.25, 0.3) is 0 Å². The van der Waals surface area contributed by atoms with Crippen molar-refractivity contribution in [3.63, 3.8) is 0 Å². The Hall–Kier alpha value is -1.75. The Balaban J connectivity index is 3.02. The topological polar surface area (TPSA) is 304 Å². The summed E-state index contributed by atoms with van der Waals surface area (Å²) in [7, 11) is -0.268. The Morgan fingerprint density at radius 2 is 0.625 bits per heavy atom. The van der Waals surface area contributed by atoms with Crippen molar-refractivity contribution < 1.29 is 151 Å². The van der Waals surface area contributed by atoms with Gasteiger partial charge in [0.25, 0.3) is 0 Å². The minimum atomic E-state index is -1.47. The maximum absolute atomic E-state index is 10.2. The number of carbonyl (C=O) groups is 1. The van der Waals surface area contributed by atoms with Crippen molar-refractivity contribution in [2.75, 3.05) is 0 Å². The molecule has 0 aromatic heterocycles. The molecule has 0 aliphatic rings. The second-order valence-corrected chi connectivity index (χ2v) is 2.30. The van der Waals surface area contributed by atoms with Crippen LogP contribution >= 0.6 is 0 Å². The Labute approximate surface area is 165 Å². The standard InChI is InChI=1S/CHBO30/c3-1(2-4)6-8-10-12-14-16-18-20-22-24-26-28-30-32-31-29-27-25-23-21-19-17-15-13-11-9-7-5/h5H. The van der Waals surface area contributed by atoms with E-state index >= 15 is 0 Å². The van der Waals surface area contributed by atoms with Gasteiger partial charge in [0, 0.05) is 40.3 Å². The van der Waals surface area contributed by atoms with Crippen LogP contribution in [-0.4, -0.2) is 18.3 Å². The minimum Gasteiger partial charge on any atom is -0.219 e. The molecular formula is CHBO30. The zero-order valence-electron chi connectivity index (χ0n) is 13.4. The molecule has 1 N–H and O–H groups in total. The molecule has 32 heavy (non-hydrogen) atoms. The summed E-state index contributed by atoms with van der Waals surface area (Å²) in [4.78, 5) is 13.7. The molecule has 0 rings (SSSR count). The first-order chi connectivity index (χ1) is 15.8. The average Bonchev–Trinajstić information content (AvgIpc) is 2.81. The zero-order valence-corrected chi connectivity index (χ0v) is 13.4. The molecule has 0 aliphatic heterocycles. The summed E-state index contributed by atoms with van der Waals surface area (Å²) in [5.41, 5.74) is 0. The van der Waals surface area contributed by atoms with Gasteiger partial charge in [-0.05, 0) is 40.3 Å². The molecule has 188 valence electrons. The third-order valence-corrected chi connectivity index (χ3v) is 0.909. The molecule has 31 heteroatoms. The van der Waals surface area contributed by atoms with E-state index in [2.05, 4.69) is 136 Å². The van der Waals surface area contributed by atoms with E-state index in [1.54, 1.807) is 0 Å². The van der Waals surface area contributed by atoms with E-state index in [4.69, 9.17) is 5.26 Å². The van der Waals surface area contributed by atoms with Gasteiger partial charge in [-0.3, -0.25) is 0 Å². The molecule has 0 aliphatic carbocycles. The van der Waals surface area contributed by atoms with Gasteiger partial charge < -0.3 is 0 Å². The van der Waals surface area contributed by atoms with E-state index in [0.29, 0.717) is 0 Å². The maximum atomic E-state index is 10.2. The van der Waals surface area contributed by atoms with Crippen molar-refractivity contribution in [3.8, 4) is 0 Å². The molecule has 0 spiro atoms. The Morgan fingerprint density at radius 3 is 0.844 bits per heavy atom. The molecule has 0 fully saturated rings. The van der Waals surface area contributed by atoms with Crippen LogP contribution in [0.3, 0.4) is 0 Å². The fraction of sp³-hybridized carbons (Fsp3) is 0. The van der Waals surface area contributed by atoms with Crippen molar-refractivity contribution in [1.29, 1.82) is 0 Å². The fourth-order valence-electron chi connectivity index (χ4n) is 0.340. The second kappa shape index (κ2) is 27.3. The van der Waals surface area contributed by atoms with E-state index in [1.807, 2.05) is 0 Å². The molecule has 0 saturated heterocycles. The summed E-state index contributed by atoms with van der Waals surface area (Å²) in [5.74, 6) is -1.47. The molecular weight excluding hydrogens is 503 g/mol. The second-order valence-electron chi connectivity index (χ2n) is 2.30. The first-order valence-electron chi connectivity index (χ1n) is 5.45. The SMILES string of the molecule is O=BC(=O)OOOOOOOOOOOOOOOOOOOOOOOOOOOO. The van der Waals surface area contributed by atoms with Gasteiger partial charge in [0.15, 0.2) is 0 Å². The molecule has 0 bridgehead atoms. The molecule has 0 aromatic rings. The van der Waals surface area contributed by atoms with Crippen LogP contribution in [0.2, 0.25) is 0 Å². The summed E-state index contributed by atoms with van der Waals surface area (Å²) in [6, 6.07) is 0. The third kappa shape index (κ3) is 26.3. The fourth-order valence-corrected chi connectivity index (χ4v) is 0.340. The van der Waals surface area contributed by atoms with Crippen LogP contribution in [0.5, 0.6) is 0 Å². The summed E-state index contributed by atoms with van der Waals surface area (Å²) in [6.07, 6.45) is 0. The van der Waals surface area contributed by atoms with Gasteiger partial charge >= 0.3 is 77.8 Å². The van der Waals surface area contributed by atoms with Gasteiger partial charge in [-0.25, -0.2) is 5.26 Å². The molecule has 0 heterocycles. The van der Waals surface area contributed by atoms with Crippen LogP contribution < -0.4 is 0 Å². The first-order valence-corrected chi connectivity index (χ1v) is 5.45. The van der Waals surface area contributed by atoms with Crippen molar-refractivity contribution in [2.24, 2.45) is 0 Å². The number of rotatable bonds is 27. The van der Waals surface area contributed by atoms with Crippen LogP contribution in [0, 0.1) is 0 Å². The quantitative estimate of drug-likeness (QED) is 0.0540. The normalized spacial score (nSPS) is 10.9.